The van der Waals surface area contributed by atoms with Crippen molar-refractivity contribution in [3.63, 3.8) is 0 Å². The fraction of sp³-hybridized carbons (Fsp3) is 0.864. The minimum Gasteiger partial charge on any atom is -0.346 e. The largest absolute Gasteiger partial charge is 0.346 e. The summed E-state index contributed by atoms with van der Waals surface area (Å²) in [5.74, 6) is 2.11. The molecule has 0 heterocycles. The van der Waals surface area contributed by atoms with E-state index in [1.54, 1.807) is 6.92 Å². The molecule has 1 nitrogen and oxygen atoms in total. The monoisotopic (exact) mass is 415 g/mol. The van der Waals surface area contributed by atoms with Gasteiger partial charge in [-0.15, -0.1) is 0 Å². The van der Waals surface area contributed by atoms with E-state index in [4.69, 9.17) is 0 Å². The molecule has 0 spiro atoms. The Morgan fingerprint density at radius 2 is 1.08 bits per heavy atom. The number of rotatable bonds is 2. The summed E-state index contributed by atoms with van der Waals surface area (Å²) in [6.45, 7) is 15.9. The van der Waals surface area contributed by atoms with Crippen molar-refractivity contribution in [2.75, 3.05) is 0 Å². The Bertz CT molecular complexity index is 227. The summed E-state index contributed by atoms with van der Waals surface area (Å²) in [5.41, 5.74) is 0.189. The Kier molecular flexibility index (Phi) is 20.4. The van der Waals surface area contributed by atoms with E-state index in [1.165, 1.54) is 85.1 Å². The van der Waals surface area contributed by atoms with Crippen molar-refractivity contribution in [3.05, 3.63) is 19.8 Å². The van der Waals surface area contributed by atoms with Gasteiger partial charge >= 0.3 is 50.5 Å². The van der Waals surface area contributed by atoms with Gasteiger partial charge in [0.1, 0.15) is 0 Å². The molecule has 0 radical (unpaired) electrons. The Morgan fingerprint density at radius 1 is 0.833 bits per heavy atom. The van der Waals surface area contributed by atoms with Gasteiger partial charge in [0.25, 0.3) is 0 Å². The normalized spacial score (nSPS) is 18.8. The third kappa shape index (κ3) is 18.9. The molecule has 2 aliphatic carbocycles. The minimum absolute atomic E-state index is 0.189. The third-order valence-corrected chi connectivity index (χ3v) is 6.05. The van der Waals surface area contributed by atoms with Crippen LogP contribution in [0.5, 0.6) is 0 Å². The Labute approximate surface area is 166 Å². The smallest absolute Gasteiger partial charge is 0.0465 e. The summed E-state index contributed by atoms with van der Waals surface area (Å²) >= 11 is 1.52. The van der Waals surface area contributed by atoms with E-state index in [0.717, 1.165) is 11.8 Å². The summed E-state index contributed by atoms with van der Waals surface area (Å²) in [7, 11) is 0. The number of hydrogen-bond donors (Lipinski definition) is 0. The van der Waals surface area contributed by atoms with Gasteiger partial charge in [-0.1, -0.05) is 52.4 Å². The van der Waals surface area contributed by atoms with Gasteiger partial charge in [-0.3, -0.25) is 0 Å². The second-order valence-electron chi connectivity index (χ2n) is 7.71. The maximum absolute atomic E-state index is 4.07. The molecule has 0 saturated heterocycles. The van der Waals surface area contributed by atoms with Gasteiger partial charge in [0.2, 0.25) is 0 Å². The molecule has 0 N–H and O–H groups in total. The Balaban J connectivity index is 0. The number of nitrogens with zero attached hydrogens (tertiary/aromatic N) is 1. The minimum atomic E-state index is 0.189. The van der Waals surface area contributed by atoms with Gasteiger partial charge in [-0.2, -0.15) is 32.6 Å². The molecule has 2 rings (SSSR count). The van der Waals surface area contributed by atoms with Gasteiger partial charge in [0.15, 0.2) is 0 Å². The van der Waals surface area contributed by atoms with Crippen molar-refractivity contribution in [2.45, 2.75) is 111 Å². The van der Waals surface area contributed by atoms with Crippen LogP contribution in [0.1, 0.15) is 106 Å². The van der Waals surface area contributed by atoms with Gasteiger partial charge in [0.05, 0.1) is 0 Å². The molecule has 0 atom stereocenters. The van der Waals surface area contributed by atoms with Crippen LogP contribution in [0, 0.1) is 31.6 Å². The first kappa shape index (κ1) is 26.8. The molecule has 0 aliphatic heterocycles. The van der Waals surface area contributed by atoms with Crippen LogP contribution in [-0.4, -0.2) is 5.54 Å². The average molecular weight is 416 g/mol. The van der Waals surface area contributed by atoms with Crippen molar-refractivity contribution >= 4 is 0 Å². The molecular formula is C22H44NNb-3. The molecule has 145 valence electrons. The standard InChI is InChI=1S/2C8H15.C4H9N.C2H5.Nb/c2*1-2-8-6-4-3-5-7-8;1-4(2,3)5;1-2;/h2*3,8H,2,4-7H2,1H3;1-3H3;1H2,2H3;/q2*-1;;-1;. The van der Waals surface area contributed by atoms with Gasteiger partial charge in [-0.05, 0) is 11.8 Å². The third-order valence-electron chi connectivity index (χ3n) is 4.57. The average Bonchev–Trinajstić information content (AvgIpc) is 2.65. The number of hydrogen-bond acceptors (Lipinski definition) is 1. The molecule has 0 aromatic carbocycles. The first-order valence-electron chi connectivity index (χ1n) is 10.1. The maximum atomic E-state index is 4.07. The molecule has 0 bridgehead atoms. The van der Waals surface area contributed by atoms with Crippen LogP contribution in [0.2, 0.25) is 0 Å². The van der Waals surface area contributed by atoms with E-state index in [0.29, 0.717) is 0 Å². The van der Waals surface area contributed by atoms with Crippen LogP contribution in [0.4, 0.5) is 0 Å². The van der Waals surface area contributed by atoms with E-state index in [1.807, 2.05) is 0 Å². The topological polar surface area (TPSA) is 12.4 Å². The first-order chi connectivity index (χ1) is 11.4. The zero-order chi connectivity index (χ0) is 18.8. The molecule has 24 heavy (non-hydrogen) atoms. The second kappa shape index (κ2) is 18.3. The van der Waals surface area contributed by atoms with Crippen molar-refractivity contribution in [3.8, 4) is 0 Å². The summed E-state index contributed by atoms with van der Waals surface area (Å²) in [5, 5.41) is 0. The van der Waals surface area contributed by atoms with Gasteiger partial charge in [0, 0.05) is 0 Å². The van der Waals surface area contributed by atoms with E-state index in [2.05, 4.69) is 57.7 Å². The molecule has 2 heteroatoms. The van der Waals surface area contributed by atoms with Crippen LogP contribution in [0.3, 0.4) is 0 Å². The molecule has 0 unspecified atom stereocenters. The predicted molar refractivity (Wildman–Crippen MR) is 106 cm³/mol. The molecule has 0 aromatic heterocycles. The van der Waals surface area contributed by atoms with Crippen molar-refractivity contribution < 1.29 is 20.9 Å². The van der Waals surface area contributed by atoms with Crippen LogP contribution in [0.15, 0.2) is 3.34 Å². The Hall–Kier alpha value is 0.540. The van der Waals surface area contributed by atoms with Crippen LogP contribution >= 0.6 is 0 Å². The van der Waals surface area contributed by atoms with Crippen molar-refractivity contribution in [2.24, 2.45) is 15.2 Å². The molecule has 0 aromatic rings. The zero-order valence-electron chi connectivity index (χ0n) is 17.5. The van der Waals surface area contributed by atoms with Crippen LogP contribution in [0.25, 0.3) is 0 Å². The second-order valence-corrected chi connectivity index (χ2v) is 8.20. The molecule has 2 saturated carbocycles. The van der Waals surface area contributed by atoms with Crippen LogP contribution in [-0.2, 0) is 20.9 Å². The molecular weight excluding hydrogens is 371 g/mol. The summed E-state index contributed by atoms with van der Waals surface area (Å²) in [4.78, 5) is 0. The fourth-order valence-corrected chi connectivity index (χ4v) is 2.81. The van der Waals surface area contributed by atoms with Crippen molar-refractivity contribution in [1.29, 1.82) is 0 Å². The first-order valence-corrected chi connectivity index (χ1v) is 11.1. The summed E-state index contributed by atoms with van der Waals surface area (Å²) in [6.07, 6.45) is 19.0. The predicted octanol–water partition coefficient (Wildman–Crippen LogP) is 7.94. The zero-order valence-corrected chi connectivity index (χ0v) is 19.7. The van der Waals surface area contributed by atoms with Gasteiger partial charge in [-0.25, -0.2) is 0 Å². The maximum Gasteiger partial charge on any atom is -0.0465 e. The fourth-order valence-electron chi connectivity index (χ4n) is 2.81. The summed E-state index contributed by atoms with van der Waals surface area (Å²) < 4.78 is 4.07. The SMILES string of the molecule is CC(C)(C)[N]=[Nb].CCC1CC[CH-]CC1.CCC1CC[CH-]CC1.[CH2-]C. The van der Waals surface area contributed by atoms with E-state index in [-0.39, 0.29) is 5.54 Å². The van der Waals surface area contributed by atoms with E-state index in [9.17, 15) is 0 Å². The quantitative estimate of drug-likeness (QED) is 0.321. The molecule has 2 fully saturated rings. The summed E-state index contributed by atoms with van der Waals surface area (Å²) in [6, 6.07) is 0. The van der Waals surface area contributed by atoms with Crippen molar-refractivity contribution in [1.82, 2.24) is 0 Å². The van der Waals surface area contributed by atoms with Crippen LogP contribution < -0.4 is 0 Å². The molecule has 2 aliphatic rings. The van der Waals surface area contributed by atoms with Gasteiger partial charge < -0.3 is 19.8 Å². The Morgan fingerprint density at radius 3 is 1.21 bits per heavy atom. The molecule has 0 amide bonds. The van der Waals surface area contributed by atoms with E-state index < -0.39 is 0 Å². The van der Waals surface area contributed by atoms with E-state index >= 15 is 0 Å².